The first-order valence-corrected chi connectivity index (χ1v) is 11.7. The van der Waals surface area contributed by atoms with E-state index in [2.05, 4.69) is 34.4 Å². The summed E-state index contributed by atoms with van der Waals surface area (Å²) in [5, 5.41) is 6.05. The van der Waals surface area contributed by atoms with Gasteiger partial charge in [0.15, 0.2) is 0 Å². The zero-order valence-corrected chi connectivity index (χ0v) is 19.2. The van der Waals surface area contributed by atoms with Crippen molar-refractivity contribution in [3.05, 3.63) is 60.2 Å². The Hall–Kier alpha value is -2.82. The van der Waals surface area contributed by atoms with Crippen LogP contribution in [0, 0.1) is 5.92 Å². The quantitative estimate of drug-likeness (QED) is 0.453. The molecule has 0 spiro atoms. The highest BCUT2D eigenvalue weighted by molar-refractivity contribution is 6.61. The molecular formula is C23H32BN5O4. The first kappa shape index (κ1) is 23.3. The lowest BCUT2D eigenvalue weighted by atomic mass is 9.59. The highest BCUT2D eigenvalue weighted by atomic mass is 16.6. The lowest BCUT2D eigenvalue weighted by Crippen LogP contribution is -3.21. The van der Waals surface area contributed by atoms with E-state index in [1.165, 1.54) is 23.4 Å². The Morgan fingerprint density at radius 1 is 1.09 bits per heavy atom. The Morgan fingerprint density at radius 3 is 2.45 bits per heavy atom. The van der Waals surface area contributed by atoms with Crippen molar-refractivity contribution in [2.75, 3.05) is 26.3 Å². The van der Waals surface area contributed by atoms with Gasteiger partial charge in [0, 0.05) is 24.8 Å². The summed E-state index contributed by atoms with van der Waals surface area (Å²) < 4.78 is 12.3. The van der Waals surface area contributed by atoms with Gasteiger partial charge in [-0.25, -0.2) is 4.98 Å². The maximum absolute atomic E-state index is 13.6. The summed E-state index contributed by atoms with van der Waals surface area (Å²) in [7, 11) is 0. The third kappa shape index (κ3) is 5.40. The standard InChI is InChI=1S/C23H32BN5O4/c1-17(2)14-21(24-29(10-12-32-24)11-13-33-24)28-22(30)19(15-18-6-4-3-5-7-18)27-23(31)20-16-25-8-9-26-20/h3-9,16-17,19,21,29H,10-15H2,1-2H3,(H,27,31)(H,28,30)/t19-,21-/m0/s1. The summed E-state index contributed by atoms with van der Waals surface area (Å²) >= 11 is 0. The molecule has 10 heteroatoms. The molecule has 0 unspecified atom stereocenters. The molecule has 2 fully saturated rings. The van der Waals surface area contributed by atoms with Gasteiger partial charge in [-0.05, 0) is 11.5 Å². The van der Waals surface area contributed by atoms with E-state index >= 15 is 0 Å². The predicted molar refractivity (Wildman–Crippen MR) is 123 cm³/mol. The van der Waals surface area contributed by atoms with Crippen LogP contribution in [-0.2, 0) is 20.5 Å². The monoisotopic (exact) mass is 453 g/mol. The number of aromatic nitrogens is 2. The number of fused-ring (bicyclic) bond motifs is 1. The van der Waals surface area contributed by atoms with Crippen LogP contribution in [0.4, 0.5) is 0 Å². The molecule has 1 aromatic carbocycles. The fourth-order valence-corrected chi connectivity index (χ4v) is 4.90. The predicted octanol–water partition coefficient (Wildman–Crippen LogP) is -0.228. The number of nitrogens with one attached hydrogen (secondary N) is 3. The van der Waals surface area contributed by atoms with Gasteiger partial charge in [-0.15, -0.1) is 0 Å². The molecule has 176 valence electrons. The molecule has 2 atom stereocenters. The van der Waals surface area contributed by atoms with E-state index in [0.29, 0.717) is 25.6 Å². The van der Waals surface area contributed by atoms with Crippen molar-refractivity contribution in [3.63, 3.8) is 0 Å². The summed E-state index contributed by atoms with van der Waals surface area (Å²) in [5.41, 5.74) is 1.11. The van der Waals surface area contributed by atoms with Crippen LogP contribution in [0.25, 0.3) is 0 Å². The number of rotatable bonds is 9. The Balaban J connectivity index is 1.55. The first-order chi connectivity index (χ1) is 16.0. The molecule has 33 heavy (non-hydrogen) atoms. The maximum Gasteiger partial charge on any atom is 0.492 e. The third-order valence-electron chi connectivity index (χ3n) is 6.43. The second-order valence-electron chi connectivity index (χ2n) is 9.22. The minimum atomic E-state index is -1.67. The zero-order chi connectivity index (χ0) is 23.3. The van der Waals surface area contributed by atoms with Gasteiger partial charge in [0.25, 0.3) is 5.91 Å². The van der Waals surface area contributed by atoms with E-state index in [4.69, 9.17) is 9.31 Å². The molecule has 3 N–H and O–H groups in total. The Labute approximate surface area is 194 Å². The van der Waals surface area contributed by atoms with Gasteiger partial charge in [-0.2, -0.15) is 0 Å². The Kier molecular flexibility index (Phi) is 7.37. The van der Waals surface area contributed by atoms with E-state index in [1.54, 1.807) is 0 Å². The third-order valence-corrected chi connectivity index (χ3v) is 6.43. The molecule has 2 amide bonds. The molecule has 0 saturated carbocycles. The SMILES string of the molecule is CC(C)C[C@H](NC(=O)[C@H](Cc1ccccc1)NC(=O)c1cnccn1)[B-]12OCC[NH+]1CCO2. The van der Waals surface area contributed by atoms with Crippen molar-refractivity contribution in [1.29, 1.82) is 0 Å². The molecule has 3 heterocycles. The van der Waals surface area contributed by atoms with Gasteiger partial charge in [-0.1, -0.05) is 50.6 Å². The molecule has 9 nitrogen and oxygen atoms in total. The van der Waals surface area contributed by atoms with Gasteiger partial charge < -0.3 is 24.8 Å². The lowest BCUT2D eigenvalue weighted by molar-refractivity contribution is -0.785. The van der Waals surface area contributed by atoms with Crippen molar-refractivity contribution in [1.82, 2.24) is 20.6 Å². The topological polar surface area (TPSA) is 107 Å². The van der Waals surface area contributed by atoms with Gasteiger partial charge >= 0.3 is 6.69 Å². The van der Waals surface area contributed by atoms with Crippen LogP contribution < -0.4 is 15.4 Å². The molecule has 1 aromatic heterocycles. The van der Waals surface area contributed by atoms with E-state index in [1.807, 2.05) is 30.3 Å². The maximum atomic E-state index is 13.6. The Bertz CT molecular complexity index is 936. The van der Waals surface area contributed by atoms with Crippen molar-refractivity contribution in [3.8, 4) is 0 Å². The van der Waals surface area contributed by atoms with Gasteiger partial charge in [0.05, 0.1) is 32.5 Å². The largest absolute Gasteiger partial charge is 0.508 e. The second-order valence-corrected chi connectivity index (χ2v) is 9.22. The molecule has 2 aromatic rings. The number of hydrogen-bond acceptors (Lipinski definition) is 6. The zero-order valence-electron chi connectivity index (χ0n) is 19.2. The van der Waals surface area contributed by atoms with Crippen LogP contribution in [-0.4, -0.2) is 66.8 Å². The van der Waals surface area contributed by atoms with Crippen LogP contribution in [0.15, 0.2) is 48.9 Å². The summed E-state index contributed by atoms with van der Waals surface area (Å²) in [4.78, 5) is 35.7. The van der Waals surface area contributed by atoms with Crippen molar-refractivity contribution < 1.29 is 23.7 Å². The number of nitrogens with zero attached hydrogens (tertiary/aromatic N) is 2. The first-order valence-electron chi connectivity index (χ1n) is 11.7. The highest BCUT2D eigenvalue weighted by Crippen LogP contribution is 2.20. The van der Waals surface area contributed by atoms with E-state index in [9.17, 15) is 9.59 Å². The minimum absolute atomic E-state index is 0.166. The fourth-order valence-electron chi connectivity index (χ4n) is 4.90. The molecule has 2 aliphatic rings. The van der Waals surface area contributed by atoms with Gasteiger partial charge in [-0.3, -0.25) is 14.6 Å². The van der Waals surface area contributed by atoms with Crippen molar-refractivity contribution in [2.45, 2.75) is 38.7 Å². The second kappa shape index (κ2) is 10.4. The van der Waals surface area contributed by atoms with E-state index < -0.39 is 18.6 Å². The number of benzene rings is 1. The number of quaternary nitrogens is 1. The molecule has 0 bridgehead atoms. The summed E-state index contributed by atoms with van der Waals surface area (Å²) in [5.74, 6) is -0.639. The lowest BCUT2D eigenvalue weighted by Gasteiger charge is -2.40. The average molecular weight is 453 g/mol. The fraction of sp³-hybridized carbons (Fsp3) is 0.478. The molecule has 0 aliphatic carbocycles. The Morgan fingerprint density at radius 2 is 1.82 bits per heavy atom. The minimum Gasteiger partial charge on any atom is -0.508 e. The van der Waals surface area contributed by atoms with Crippen LogP contribution in [0.3, 0.4) is 0 Å². The van der Waals surface area contributed by atoms with Crippen molar-refractivity contribution >= 4 is 18.5 Å². The van der Waals surface area contributed by atoms with E-state index in [-0.39, 0.29) is 17.5 Å². The molecule has 2 aliphatic heterocycles. The van der Waals surface area contributed by atoms with Crippen LogP contribution >= 0.6 is 0 Å². The van der Waals surface area contributed by atoms with Crippen LogP contribution in [0.5, 0.6) is 0 Å². The summed E-state index contributed by atoms with van der Waals surface area (Å²) in [6, 6.07) is 8.85. The molecular weight excluding hydrogens is 421 g/mol. The number of carbonyl (C=O) groups excluding carboxylic acids is 2. The number of hydrogen-bond donors (Lipinski definition) is 3. The van der Waals surface area contributed by atoms with Gasteiger partial charge in [0.2, 0.25) is 5.91 Å². The highest BCUT2D eigenvalue weighted by Gasteiger charge is 2.56. The number of amides is 2. The van der Waals surface area contributed by atoms with Crippen LogP contribution in [0.1, 0.15) is 36.3 Å². The molecule has 0 radical (unpaired) electrons. The smallest absolute Gasteiger partial charge is 0.492 e. The molecule has 4 rings (SSSR count). The normalized spacial score (nSPS) is 23.7. The van der Waals surface area contributed by atoms with Crippen molar-refractivity contribution in [2.24, 2.45) is 5.92 Å². The summed E-state index contributed by atoms with van der Waals surface area (Å²) in [6.07, 6.45) is 5.42. The number of carbonyl (C=O) groups is 2. The average Bonchev–Trinajstić information content (AvgIpc) is 3.40. The molecule has 2 saturated heterocycles. The van der Waals surface area contributed by atoms with Gasteiger partial charge in [0.1, 0.15) is 11.7 Å². The summed E-state index contributed by atoms with van der Waals surface area (Å²) in [6.45, 7) is 5.56. The van der Waals surface area contributed by atoms with E-state index in [0.717, 1.165) is 25.1 Å². The van der Waals surface area contributed by atoms with Crippen LogP contribution in [0.2, 0.25) is 0 Å².